The first kappa shape index (κ1) is 10.2. The summed E-state index contributed by atoms with van der Waals surface area (Å²) in [7, 11) is 0. The van der Waals surface area contributed by atoms with Gasteiger partial charge in [0, 0.05) is 0 Å². The fourth-order valence-electron chi connectivity index (χ4n) is 0.378. The Hall–Kier alpha value is -0.820. The zero-order valence-electron chi connectivity index (χ0n) is 5.60. The van der Waals surface area contributed by atoms with Crippen LogP contribution in [-0.2, 0) is 4.79 Å². The summed E-state index contributed by atoms with van der Waals surface area (Å²) < 4.78 is -0.575. The van der Waals surface area contributed by atoms with Crippen LogP contribution >= 0.6 is 11.9 Å². The maximum absolute atomic E-state index is 10.1. The van der Waals surface area contributed by atoms with E-state index in [-0.39, 0.29) is 12.2 Å². The van der Waals surface area contributed by atoms with Gasteiger partial charge in [-0.05, 0) is 6.42 Å². The van der Waals surface area contributed by atoms with Crippen LogP contribution in [0.5, 0.6) is 0 Å². The zero-order chi connectivity index (χ0) is 8.85. The molecule has 0 saturated carbocycles. The second-order valence-corrected chi connectivity index (χ2v) is 2.75. The average Bonchev–Trinajstić information content (AvgIpc) is 1.86. The van der Waals surface area contributed by atoms with E-state index in [0.29, 0.717) is 11.9 Å². The number of nitro groups is 1. The molecule has 0 radical (unpaired) electrons. The summed E-state index contributed by atoms with van der Waals surface area (Å²) in [5.41, 5.74) is 5.07. The van der Waals surface area contributed by atoms with Crippen molar-refractivity contribution in [1.29, 1.82) is 0 Å². The minimum atomic E-state index is -1.13. The Balaban J connectivity index is 3.39. The molecule has 0 spiro atoms. The molecule has 0 unspecified atom stereocenters. The number of nitrogens with two attached hydrogens (primary N) is 1. The Morgan fingerprint density at radius 1 is 1.82 bits per heavy atom. The van der Waals surface area contributed by atoms with Crippen LogP contribution in [0.1, 0.15) is 6.42 Å². The molecule has 1 atom stereocenters. The number of aliphatic carboxylic acids is 1. The maximum Gasteiger partial charge on any atom is 0.320 e. The second-order valence-electron chi connectivity index (χ2n) is 1.79. The van der Waals surface area contributed by atoms with E-state index in [1.54, 1.807) is 0 Å². The number of carboxylic acids is 1. The summed E-state index contributed by atoms with van der Waals surface area (Å²) in [5.74, 6) is -1.01. The molecule has 0 aliphatic carbocycles. The van der Waals surface area contributed by atoms with E-state index >= 15 is 0 Å². The van der Waals surface area contributed by atoms with Gasteiger partial charge in [0.1, 0.15) is 10.4 Å². The Bertz CT molecular complexity index is 162. The minimum Gasteiger partial charge on any atom is -0.480 e. The summed E-state index contributed by atoms with van der Waals surface area (Å²) in [6.45, 7) is 0. The topological polar surface area (TPSA) is 106 Å². The normalized spacial score (nSPS) is 12.5. The Morgan fingerprint density at radius 2 is 2.36 bits per heavy atom. The van der Waals surface area contributed by atoms with Crippen molar-refractivity contribution in [2.75, 3.05) is 5.75 Å². The molecule has 3 N–H and O–H groups in total. The van der Waals surface area contributed by atoms with Gasteiger partial charge in [-0.2, -0.15) is 0 Å². The molecule has 7 heteroatoms. The minimum absolute atomic E-state index is 0.112. The summed E-state index contributed by atoms with van der Waals surface area (Å²) in [5, 5.41) is 18.0. The average molecular weight is 180 g/mol. The standard InChI is InChI=1S/C4H8N2O4S/c5-3(4(7)8)1-2-11-6(9)10/h3H,1-2,5H2,(H,7,8)/t3-/m0/s1. The van der Waals surface area contributed by atoms with Crippen molar-refractivity contribution in [3.63, 3.8) is 0 Å². The molecule has 64 valence electrons. The van der Waals surface area contributed by atoms with Crippen LogP contribution < -0.4 is 5.73 Å². The lowest BCUT2D eigenvalue weighted by atomic mass is 10.2. The first-order valence-corrected chi connectivity index (χ1v) is 3.74. The van der Waals surface area contributed by atoms with Crippen molar-refractivity contribution in [2.24, 2.45) is 5.73 Å². The van der Waals surface area contributed by atoms with Gasteiger partial charge >= 0.3 is 5.97 Å². The smallest absolute Gasteiger partial charge is 0.320 e. The monoisotopic (exact) mass is 180 g/mol. The second kappa shape index (κ2) is 4.91. The summed E-state index contributed by atoms with van der Waals surface area (Å²) in [4.78, 5) is 19.8. The lowest BCUT2D eigenvalue weighted by Gasteiger charge is -2.00. The molecule has 0 aromatic heterocycles. The molecule has 0 amide bonds. The first-order chi connectivity index (χ1) is 5.04. The molecule has 0 aromatic rings. The van der Waals surface area contributed by atoms with Gasteiger partial charge in [0.25, 0.3) is 0 Å². The predicted octanol–water partition coefficient (Wildman–Crippen LogP) is -0.287. The highest BCUT2D eigenvalue weighted by molar-refractivity contribution is 7.93. The molecular formula is C4H8N2O4S. The van der Waals surface area contributed by atoms with Gasteiger partial charge in [-0.1, -0.05) is 0 Å². The van der Waals surface area contributed by atoms with Crippen LogP contribution in [0.2, 0.25) is 0 Å². The quantitative estimate of drug-likeness (QED) is 0.342. The van der Waals surface area contributed by atoms with Crippen molar-refractivity contribution in [3.05, 3.63) is 10.1 Å². The zero-order valence-corrected chi connectivity index (χ0v) is 6.41. The number of rotatable bonds is 5. The molecule has 0 fully saturated rings. The van der Waals surface area contributed by atoms with Crippen molar-refractivity contribution >= 4 is 17.9 Å². The van der Waals surface area contributed by atoms with Gasteiger partial charge < -0.3 is 10.8 Å². The molecule has 0 aliphatic heterocycles. The van der Waals surface area contributed by atoms with Crippen LogP contribution in [0.4, 0.5) is 0 Å². The third-order valence-corrected chi connectivity index (χ3v) is 1.57. The SMILES string of the molecule is N[C@@H](CCS[N+](=O)[O-])C(=O)O. The molecule has 6 nitrogen and oxygen atoms in total. The fraction of sp³-hybridized carbons (Fsp3) is 0.750. The molecule has 0 aromatic carbocycles. The Labute approximate surface area is 67.0 Å². The molecule has 11 heavy (non-hydrogen) atoms. The van der Waals surface area contributed by atoms with Crippen molar-refractivity contribution in [3.8, 4) is 0 Å². The fourth-order valence-corrected chi connectivity index (χ4v) is 0.886. The van der Waals surface area contributed by atoms with Gasteiger partial charge in [0.2, 0.25) is 11.9 Å². The van der Waals surface area contributed by atoms with E-state index in [1.165, 1.54) is 0 Å². The van der Waals surface area contributed by atoms with Gasteiger partial charge in [-0.25, -0.2) is 0 Å². The van der Waals surface area contributed by atoms with Crippen LogP contribution in [-0.4, -0.2) is 27.2 Å². The lowest BCUT2D eigenvalue weighted by molar-refractivity contribution is -0.284. The maximum atomic E-state index is 10.1. The van der Waals surface area contributed by atoms with Gasteiger partial charge in [0.05, 0.1) is 5.75 Å². The van der Waals surface area contributed by atoms with E-state index in [2.05, 4.69) is 0 Å². The highest BCUT2D eigenvalue weighted by Crippen LogP contribution is 2.03. The van der Waals surface area contributed by atoms with Gasteiger partial charge in [-0.3, -0.25) is 14.9 Å². The van der Waals surface area contributed by atoms with E-state index in [9.17, 15) is 14.9 Å². The lowest BCUT2D eigenvalue weighted by Crippen LogP contribution is -2.30. The number of hydrogen-bond acceptors (Lipinski definition) is 5. The molecule has 0 rings (SSSR count). The van der Waals surface area contributed by atoms with E-state index in [0.717, 1.165) is 0 Å². The molecule has 0 bridgehead atoms. The largest absolute Gasteiger partial charge is 0.480 e. The molecule has 0 saturated heterocycles. The van der Waals surface area contributed by atoms with Crippen molar-refractivity contribution < 1.29 is 14.2 Å². The highest BCUT2D eigenvalue weighted by atomic mass is 32.2. The molecule has 0 aliphatic rings. The van der Waals surface area contributed by atoms with E-state index in [4.69, 9.17) is 10.8 Å². The summed E-state index contributed by atoms with van der Waals surface area (Å²) in [6, 6.07) is -0.998. The Morgan fingerprint density at radius 3 is 2.73 bits per heavy atom. The van der Waals surface area contributed by atoms with Crippen LogP contribution in [0.25, 0.3) is 0 Å². The molecule has 0 heterocycles. The summed E-state index contributed by atoms with van der Waals surface area (Å²) in [6.07, 6.45) is 0.112. The van der Waals surface area contributed by atoms with Gasteiger partial charge in [-0.15, -0.1) is 0 Å². The van der Waals surface area contributed by atoms with Crippen LogP contribution in [0.15, 0.2) is 0 Å². The van der Waals surface area contributed by atoms with Crippen molar-refractivity contribution in [2.45, 2.75) is 12.5 Å². The molecular weight excluding hydrogens is 172 g/mol. The number of hydrogen-bond donors (Lipinski definition) is 2. The van der Waals surface area contributed by atoms with E-state index in [1.807, 2.05) is 0 Å². The number of carboxylic acid groups (broad SMARTS) is 1. The Kier molecular flexibility index (Phi) is 4.55. The third-order valence-electron chi connectivity index (χ3n) is 0.943. The van der Waals surface area contributed by atoms with Crippen LogP contribution in [0, 0.1) is 10.1 Å². The number of nitrogens with zero attached hydrogens (tertiary/aromatic N) is 1. The number of carbonyl (C=O) groups is 1. The van der Waals surface area contributed by atoms with E-state index < -0.39 is 16.3 Å². The first-order valence-electron chi connectivity index (χ1n) is 2.79. The summed E-state index contributed by atoms with van der Waals surface area (Å²) >= 11 is 0.456. The van der Waals surface area contributed by atoms with Gasteiger partial charge in [0.15, 0.2) is 0 Å². The van der Waals surface area contributed by atoms with Crippen LogP contribution in [0.3, 0.4) is 0 Å². The highest BCUT2D eigenvalue weighted by Gasteiger charge is 2.12. The predicted molar refractivity (Wildman–Crippen MR) is 39.7 cm³/mol. The van der Waals surface area contributed by atoms with Crippen molar-refractivity contribution in [1.82, 2.24) is 0 Å². The third kappa shape index (κ3) is 5.62.